The van der Waals surface area contributed by atoms with Crippen LogP contribution in [0.25, 0.3) is 0 Å². The minimum atomic E-state index is -1.24. The number of hydrogen-bond donors (Lipinski definition) is 3. The highest BCUT2D eigenvalue weighted by molar-refractivity contribution is 5.85. The number of nitrogens with one attached hydrogen (secondary N) is 2. The summed E-state index contributed by atoms with van der Waals surface area (Å²) in [5.41, 5.74) is -0.786. The van der Waals surface area contributed by atoms with E-state index in [0.717, 1.165) is 15.0 Å². The Kier molecular flexibility index (Phi) is 8.48. The van der Waals surface area contributed by atoms with Crippen LogP contribution in [0.2, 0.25) is 0 Å². The highest BCUT2D eigenvalue weighted by Gasteiger charge is 2.40. The fourth-order valence-corrected chi connectivity index (χ4v) is 3.64. The number of alkyl carbamates (subject to hydrolysis) is 1. The predicted molar refractivity (Wildman–Crippen MR) is 130 cm³/mol. The Morgan fingerprint density at radius 2 is 1.81 bits per heavy atom. The van der Waals surface area contributed by atoms with E-state index in [1.165, 1.54) is 12.3 Å². The van der Waals surface area contributed by atoms with Gasteiger partial charge < -0.3 is 24.8 Å². The minimum absolute atomic E-state index is 0.0125. The molecule has 3 amide bonds. The summed E-state index contributed by atoms with van der Waals surface area (Å²) < 4.78 is 11.2. The summed E-state index contributed by atoms with van der Waals surface area (Å²) in [7, 11) is 0. The molecule has 1 aliphatic rings. The number of hydrogen-bond acceptors (Lipinski definition) is 8. The zero-order valence-corrected chi connectivity index (χ0v) is 20.7. The fourth-order valence-electron chi connectivity index (χ4n) is 3.64. The standard InChI is InChI=1S/C24H29N5O8/c1-24(2,3)37-23(35)25-16-11-17(20(31)32)29(12-16)19(30)13-28-10-9-18(26-21(28)33)27-22(34)36-14-15-7-5-4-6-8-15/h4-10,16-17H,11-14H2,1-3H3,(H,25,35)(H,31,32)(H,26,27,33,34)/t16?,17-/m0/s1. The maximum absolute atomic E-state index is 12.9. The molecule has 198 valence electrons. The molecule has 3 rings (SSSR count). The second-order valence-electron chi connectivity index (χ2n) is 9.39. The number of carboxylic acids is 1. The van der Waals surface area contributed by atoms with Crippen LogP contribution in [0.3, 0.4) is 0 Å². The predicted octanol–water partition coefficient (Wildman–Crippen LogP) is 1.57. The van der Waals surface area contributed by atoms with Crippen molar-refractivity contribution < 1.29 is 33.8 Å². The summed E-state index contributed by atoms with van der Waals surface area (Å²) in [5.74, 6) is -1.95. The third kappa shape index (κ3) is 8.05. The summed E-state index contributed by atoms with van der Waals surface area (Å²) >= 11 is 0. The van der Waals surface area contributed by atoms with Gasteiger partial charge in [-0.3, -0.25) is 14.7 Å². The molecule has 1 aromatic heterocycles. The molecule has 3 N–H and O–H groups in total. The summed E-state index contributed by atoms with van der Waals surface area (Å²) in [5, 5.41) is 14.5. The van der Waals surface area contributed by atoms with E-state index in [1.807, 2.05) is 6.07 Å². The normalized spacial score (nSPS) is 17.1. The molecule has 0 saturated carbocycles. The van der Waals surface area contributed by atoms with Gasteiger partial charge in [-0.15, -0.1) is 0 Å². The first-order chi connectivity index (χ1) is 17.4. The summed E-state index contributed by atoms with van der Waals surface area (Å²) in [4.78, 5) is 65.8. The Morgan fingerprint density at radius 1 is 1.11 bits per heavy atom. The molecule has 0 aliphatic carbocycles. The van der Waals surface area contributed by atoms with Crippen molar-refractivity contribution in [2.75, 3.05) is 11.9 Å². The van der Waals surface area contributed by atoms with Crippen LogP contribution in [0.5, 0.6) is 0 Å². The molecular formula is C24H29N5O8. The average molecular weight is 516 g/mol. The molecular weight excluding hydrogens is 486 g/mol. The van der Waals surface area contributed by atoms with Crippen LogP contribution in [-0.2, 0) is 32.2 Å². The van der Waals surface area contributed by atoms with Gasteiger partial charge in [-0.05, 0) is 32.4 Å². The number of ether oxygens (including phenoxy) is 2. The van der Waals surface area contributed by atoms with Crippen LogP contribution in [0.4, 0.5) is 15.4 Å². The van der Waals surface area contributed by atoms with Crippen LogP contribution < -0.4 is 16.3 Å². The molecule has 13 heteroatoms. The molecule has 1 aromatic carbocycles. The Bertz CT molecular complexity index is 1210. The van der Waals surface area contributed by atoms with Crippen molar-refractivity contribution >= 4 is 29.9 Å². The highest BCUT2D eigenvalue weighted by Crippen LogP contribution is 2.20. The lowest BCUT2D eigenvalue weighted by molar-refractivity contribution is -0.148. The van der Waals surface area contributed by atoms with Gasteiger partial charge in [0.05, 0.1) is 6.04 Å². The number of amides is 3. The second kappa shape index (κ2) is 11.5. The van der Waals surface area contributed by atoms with Gasteiger partial charge in [0.2, 0.25) is 5.91 Å². The molecule has 13 nitrogen and oxygen atoms in total. The molecule has 2 aromatic rings. The van der Waals surface area contributed by atoms with Crippen LogP contribution in [0.15, 0.2) is 47.4 Å². The quantitative estimate of drug-likeness (QED) is 0.495. The molecule has 1 unspecified atom stereocenters. The van der Waals surface area contributed by atoms with E-state index >= 15 is 0 Å². The summed E-state index contributed by atoms with van der Waals surface area (Å²) in [6, 6.07) is 8.50. The van der Waals surface area contributed by atoms with E-state index in [-0.39, 0.29) is 25.4 Å². The molecule has 0 spiro atoms. The number of nitrogens with zero attached hydrogens (tertiary/aromatic N) is 3. The van der Waals surface area contributed by atoms with Crippen molar-refractivity contribution in [1.82, 2.24) is 19.8 Å². The Balaban J connectivity index is 1.58. The monoisotopic (exact) mass is 515 g/mol. The van der Waals surface area contributed by atoms with Crippen LogP contribution in [0.1, 0.15) is 32.8 Å². The van der Waals surface area contributed by atoms with Crippen molar-refractivity contribution in [2.45, 2.75) is 58.0 Å². The van der Waals surface area contributed by atoms with Crippen molar-refractivity contribution in [3.8, 4) is 0 Å². The number of aliphatic carboxylic acids is 1. The van der Waals surface area contributed by atoms with Gasteiger partial charge in [-0.25, -0.2) is 19.2 Å². The summed E-state index contributed by atoms with van der Waals surface area (Å²) in [6.45, 7) is 4.56. The van der Waals surface area contributed by atoms with Gasteiger partial charge in [-0.2, -0.15) is 4.98 Å². The van der Waals surface area contributed by atoms with Crippen LogP contribution in [-0.4, -0.2) is 67.8 Å². The maximum atomic E-state index is 12.9. The first-order valence-electron chi connectivity index (χ1n) is 11.5. The minimum Gasteiger partial charge on any atom is -0.480 e. The zero-order valence-electron chi connectivity index (χ0n) is 20.7. The second-order valence-corrected chi connectivity index (χ2v) is 9.39. The molecule has 1 fully saturated rings. The third-order valence-electron chi connectivity index (χ3n) is 5.25. The van der Waals surface area contributed by atoms with Gasteiger partial charge in [0, 0.05) is 19.2 Å². The largest absolute Gasteiger partial charge is 0.480 e. The zero-order chi connectivity index (χ0) is 27.2. The van der Waals surface area contributed by atoms with Crippen molar-refractivity contribution in [3.05, 3.63) is 58.6 Å². The lowest BCUT2D eigenvalue weighted by Gasteiger charge is -2.22. The van der Waals surface area contributed by atoms with Crippen LogP contribution >= 0.6 is 0 Å². The fraction of sp³-hybridized carbons (Fsp3) is 0.417. The Morgan fingerprint density at radius 3 is 2.43 bits per heavy atom. The third-order valence-corrected chi connectivity index (χ3v) is 5.25. The smallest absolute Gasteiger partial charge is 0.413 e. The van der Waals surface area contributed by atoms with E-state index < -0.39 is 54.0 Å². The van der Waals surface area contributed by atoms with E-state index in [0.29, 0.717) is 0 Å². The number of rotatable bonds is 7. The molecule has 37 heavy (non-hydrogen) atoms. The number of carboxylic acid groups (broad SMARTS) is 1. The lowest BCUT2D eigenvalue weighted by atomic mass is 10.1. The molecule has 0 radical (unpaired) electrons. The number of likely N-dealkylation sites (tertiary alicyclic amines) is 1. The highest BCUT2D eigenvalue weighted by atomic mass is 16.6. The first kappa shape index (κ1) is 27.2. The van der Waals surface area contributed by atoms with Gasteiger partial charge in [0.1, 0.15) is 30.6 Å². The van der Waals surface area contributed by atoms with Crippen molar-refractivity contribution in [2.24, 2.45) is 0 Å². The van der Waals surface area contributed by atoms with E-state index in [4.69, 9.17) is 9.47 Å². The number of carbonyl (C=O) groups excluding carboxylic acids is 3. The van der Waals surface area contributed by atoms with Gasteiger partial charge in [-0.1, -0.05) is 30.3 Å². The molecule has 1 aliphatic heterocycles. The number of anilines is 1. The first-order valence-corrected chi connectivity index (χ1v) is 11.5. The number of carbonyl (C=O) groups is 4. The maximum Gasteiger partial charge on any atom is 0.413 e. The Hall–Kier alpha value is -4.42. The number of aromatic nitrogens is 2. The molecule has 2 heterocycles. The summed E-state index contributed by atoms with van der Waals surface area (Å²) in [6.07, 6.45) is -0.291. The lowest BCUT2D eigenvalue weighted by Crippen LogP contribution is -2.44. The molecule has 0 bridgehead atoms. The number of benzene rings is 1. The van der Waals surface area contributed by atoms with Crippen molar-refractivity contribution in [1.29, 1.82) is 0 Å². The van der Waals surface area contributed by atoms with E-state index in [9.17, 15) is 29.1 Å². The van der Waals surface area contributed by atoms with Gasteiger partial charge >= 0.3 is 23.8 Å². The van der Waals surface area contributed by atoms with Gasteiger partial charge in [0.15, 0.2) is 0 Å². The van der Waals surface area contributed by atoms with E-state index in [2.05, 4.69) is 15.6 Å². The van der Waals surface area contributed by atoms with Gasteiger partial charge in [0.25, 0.3) is 0 Å². The van der Waals surface area contributed by atoms with Crippen LogP contribution in [0, 0.1) is 0 Å². The average Bonchev–Trinajstić information content (AvgIpc) is 3.23. The Labute approximate surface area is 212 Å². The SMILES string of the molecule is CC(C)(C)OC(=O)NC1C[C@@H](C(=O)O)N(C(=O)Cn2ccc(NC(=O)OCc3ccccc3)nc2=O)C1. The topological polar surface area (TPSA) is 169 Å². The molecule has 1 saturated heterocycles. The van der Waals surface area contributed by atoms with E-state index in [1.54, 1.807) is 45.0 Å². The molecule has 2 atom stereocenters. The van der Waals surface area contributed by atoms with Crippen molar-refractivity contribution in [3.63, 3.8) is 0 Å².